The smallest absolute Gasteiger partial charge is 0.237 e. The minimum atomic E-state index is -0.0997. The fraction of sp³-hybridized carbons (Fsp3) is 0.857. The van der Waals surface area contributed by atoms with E-state index in [-0.39, 0.29) is 17.9 Å². The highest BCUT2D eigenvalue weighted by molar-refractivity contribution is 5.83. The predicted molar refractivity (Wildman–Crippen MR) is 75.7 cm³/mol. The Hall–Kier alpha value is -1.10. The molecule has 1 heterocycles. The maximum absolute atomic E-state index is 12.0. The van der Waals surface area contributed by atoms with Crippen molar-refractivity contribution in [2.75, 3.05) is 26.2 Å². The van der Waals surface area contributed by atoms with Crippen LogP contribution in [0.25, 0.3) is 0 Å². The molecule has 1 saturated heterocycles. The van der Waals surface area contributed by atoms with Crippen molar-refractivity contribution < 1.29 is 9.59 Å². The largest absolute Gasteiger partial charge is 0.354 e. The fourth-order valence-corrected chi connectivity index (χ4v) is 2.54. The average molecular weight is 269 g/mol. The Balaban J connectivity index is 2.28. The molecule has 1 aliphatic rings. The standard InChI is InChI=1S/C14H27N3O2/c1-4-17(5-2)12(18)8-10-16-14(19)13-11(3)7-6-9-15-13/h11,13,15H,4-10H2,1-3H3,(H,16,19). The van der Waals surface area contributed by atoms with Gasteiger partial charge in [0.1, 0.15) is 0 Å². The topological polar surface area (TPSA) is 61.4 Å². The Morgan fingerprint density at radius 3 is 2.58 bits per heavy atom. The van der Waals surface area contributed by atoms with Crippen LogP contribution in [0, 0.1) is 5.92 Å². The molecule has 0 spiro atoms. The Morgan fingerprint density at radius 1 is 1.32 bits per heavy atom. The second-order valence-electron chi connectivity index (χ2n) is 5.16. The second kappa shape index (κ2) is 8.15. The third kappa shape index (κ3) is 4.82. The van der Waals surface area contributed by atoms with Gasteiger partial charge in [-0.2, -0.15) is 0 Å². The number of hydrogen-bond acceptors (Lipinski definition) is 3. The summed E-state index contributed by atoms with van der Waals surface area (Å²) in [5, 5.41) is 6.11. The summed E-state index contributed by atoms with van der Waals surface area (Å²) in [5.74, 6) is 0.502. The van der Waals surface area contributed by atoms with Gasteiger partial charge < -0.3 is 15.5 Å². The van der Waals surface area contributed by atoms with Gasteiger partial charge in [-0.25, -0.2) is 0 Å². The van der Waals surface area contributed by atoms with Crippen LogP contribution in [-0.4, -0.2) is 48.9 Å². The van der Waals surface area contributed by atoms with E-state index in [1.54, 1.807) is 4.90 Å². The third-order valence-corrected chi connectivity index (χ3v) is 3.81. The first-order valence-electron chi connectivity index (χ1n) is 7.39. The second-order valence-corrected chi connectivity index (χ2v) is 5.16. The van der Waals surface area contributed by atoms with Crippen LogP contribution in [0.5, 0.6) is 0 Å². The Labute approximate surface area is 116 Å². The van der Waals surface area contributed by atoms with Crippen LogP contribution >= 0.6 is 0 Å². The highest BCUT2D eigenvalue weighted by atomic mass is 16.2. The molecule has 0 aromatic heterocycles. The molecule has 19 heavy (non-hydrogen) atoms. The third-order valence-electron chi connectivity index (χ3n) is 3.81. The van der Waals surface area contributed by atoms with Crippen molar-refractivity contribution >= 4 is 11.8 Å². The van der Waals surface area contributed by atoms with E-state index in [1.165, 1.54) is 0 Å². The summed E-state index contributed by atoms with van der Waals surface area (Å²) in [5.41, 5.74) is 0. The van der Waals surface area contributed by atoms with Gasteiger partial charge in [-0.1, -0.05) is 6.92 Å². The van der Waals surface area contributed by atoms with Gasteiger partial charge >= 0.3 is 0 Å². The zero-order valence-electron chi connectivity index (χ0n) is 12.4. The number of carbonyl (C=O) groups excluding carboxylic acids is 2. The average Bonchev–Trinajstić information content (AvgIpc) is 2.40. The lowest BCUT2D eigenvalue weighted by Crippen LogP contribution is -2.51. The first-order chi connectivity index (χ1) is 9.10. The van der Waals surface area contributed by atoms with Crippen LogP contribution in [0.15, 0.2) is 0 Å². The van der Waals surface area contributed by atoms with Crippen molar-refractivity contribution in [3.05, 3.63) is 0 Å². The van der Waals surface area contributed by atoms with Crippen LogP contribution in [0.2, 0.25) is 0 Å². The maximum Gasteiger partial charge on any atom is 0.237 e. The van der Waals surface area contributed by atoms with E-state index >= 15 is 0 Å². The number of piperidine rings is 1. The molecule has 2 atom stereocenters. The molecule has 5 nitrogen and oxygen atoms in total. The van der Waals surface area contributed by atoms with E-state index in [1.807, 2.05) is 13.8 Å². The number of rotatable bonds is 6. The summed E-state index contributed by atoms with van der Waals surface area (Å²) in [7, 11) is 0. The quantitative estimate of drug-likeness (QED) is 0.748. The molecule has 0 bridgehead atoms. The van der Waals surface area contributed by atoms with Gasteiger partial charge in [-0.3, -0.25) is 9.59 Å². The molecular weight excluding hydrogens is 242 g/mol. The van der Waals surface area contributed by atoms with E-state index < -0.39 is 0 Å². The Bertz CT molecular complexity index is 303. The zero-order valence-corrected chi connectivity index (χ0v) is 12.4. The summed E-state index contributed by atoms with van der Waals surface area (Å²) < 4.78 is 0. The number of hydrogen-bond donors (Lipinski definition) is 2. The first kappa shape index (κ1) is 16.0. The van der Waals surface area contributed by atoms with Crippen LogP contribution in [0.1, 0.15) is 40.0 Å². The molecule has 1 aliphatic heterocycles. The lowest BCUT2D eigenvalue weighted by molar-refractivity contribution is -0.131. The van der Waals surface area contributed by atoms with Gasteiger partial charge in [0.25, 0.3) is 0 Å². The molecule has 1 fully saturated rings. The van der Waals surface area contributed by atoms with E-state index in [4.69, 9.17) is 0 Å². The Morgan fingerprint density at radius 2 is 2.00 bits per heavy atom. The van der Waals surface area contributed by atoms with Crippen LogP contribution in [-0.2, 0) is 9.59 Å². The number of carbonyl (C=O) groups is 2. The molecule has 0 aromatic rings. The Kier molecular flexibility index (Phi) is 6.84. The lowest BCUT2D eigenvalue weighted by atomic mass is 9.92. The van der Waals surface area contributed by atoms with Crippen molar-refractivity contribution in [3.8, 4) is 0 Å². The van der Waals surface area contributed by atoms with Crippen molar-refractivity contribution in [1.29, 1.82) is 0 Å². The molecule has 2 amide bonds. The molecular formula is C14H27N3O2. The van der Waals surface area contributed by atoms with Crippen molar-refractivity contribution in [3.63, 3.8) is 0 Å². The minimum absolute atomic E-state index is 0.0274. The maximum atomic E-state index is 12.0. The summed E-state index contributed by atoms with van der Waals surface area (Å²) >= 11 is 0. The van der Waals surface area contributed by atoms with Crippen LogP contribution < -0.4 is 10.6 Å². The lowest BCUT2D eigenvalue weighted by Gasteiger charge is -2.29. The summed E-state index contributed by atoms with van der Waals surface area (Å²) in [6.45, 7) is 8.81. The van der Waals surface area contributed by atoms with Crippen molar-refractivity contribution in [1.82, 2.24) is 15.5 Å². The van der Waals surface area contributed by atoms with E-state index in [0.717, 1.165) is 32.5 Å². The molecule has 2 unspecified atom stereocenters. The van der Waals surface area contributed by atoms with Gasteiger partial charge in [0, 0.05) is 26.1 Å². The minimum Gasteiger partial charge on any atom is -0.354 e. The van der Waals surface area contributed by atoms with Gasteiger partial charge in [0.05, 0.1) is 6.04 Å². The molecule has 0 aliphatic carbocycles. The van der Waals surface area contributed by atoms with Gasteiger partial charge in [0.2, 0.25) is 11.8 Å². The molecule has 110 valence electrons. The SMILES string of the molecule is CCN(CC)C(=O)CCNC(=O)C1NCCCC1C. The normalized spacial score (nSPS) is 22.9. The molecule has 2 N–H and O–H groups in total. The summed E-state index contributed by atoms with van der Waals surface area (Å²) in [6, 6.07) is -0.0997. The van der Waals surface area contributed by atoms with Crippen LogP contribution in [0.3, 0.4) is 0 Å². The van der Waals surface area contributed by atoms with Crippen LogP contribution in [0.4, 0.5) is 0 Å². The molecule has 1 rings (SSSR count). The molecule has 0 aromatic carbocycles. The van der Waals surface area contributed by atoms with Crippen molar-refractivity contribution in [2.45, 2.75) is 46.1 Å². The predicted octanol–water partition coefficient (Wildman–Crippen LogP) is 0.749. The highest BCUT2D eigenvalue weighted by Gasteiger charge is 2.27. The van der Waals surface area contributed by atoms with Gasteiger partial charge in [0.15, 0.2) is 0 Å². The number of nitrogens with zero attached hydrogens (tertiary/aromatic N) is 1. The highest BCUT2D eigenvalue weighted by Crippen LogP contribution is 2.15. The number of nitrogens with one attached hydrogen (secondary N) is 2. The van der Waals surface area contributed by atoms with Crippen molar-refractivity contribution in [2.24, 2.45) is 5.92 Å². The molecule has 0 radical (unpaired) electrons. The molecule has 0 saturated carbocycles. The summed E-state index contributed by atoms with van der Waals surface area (Å²) in [6.07, 6.45) is 2.60. The zero-order chi connectivity index (χ0) is 14.3. The van der Waals surface area contributed by atoms with Gasteiger partial charge in [-0.05, 0) is 39.2 Å². The first-order valence-corrected chi connectivity index (χ1v) is 7.39. The number of amides is 2. The fourth-order valence-electron chi connectivity index (χ4n) is 2.54. The van der Waals surface area contributed by atoms with Gasteiger partial charge in [-0.15, -0.1) is 0 Å². The summed E-state index contributed by atoms with van der Waals surface area (Å²) in [4.78, 5) is 25.6. The van der Waals surface area contributed by atoms with E-state index in [2.05, 4.69) is 17.6 Å². The monoisotopic (exact) mass is 269 g/mol. The van der Waals surface area contributed by atoms with E-state index in [0.29, 0.717) is 18.9 Å². The van der Waals surface area contributed by atoms with E-state index in [9.17, 15) is 9.59 Å². The molecule has 5 heteroatoms.